The summed E-state index contributed by atoms with van der Waals surface area (Å²) >= 11 is 6.35. The Morgan fingerprint density at radius 1 is 1.08 bits per heavy atom. The number of imidazole rings is 1. The standard InChI is InChI=1S/C27H32N6OS2/c1-2-3-4-5-11-31-12-14-32(15-13-31)18-20-7-6-8-22(16-20)33-19-28-23-10-9-21(29-25(23)33)17-24-26(34)30-27(35)36-24/h6-10,16-17,19H,2-5,11-15,18H2,1H3,(H,30,34,35)/b24-17-. The van der Waals surface area contributed by atoms with Crippen molar-refractivity contribution in [2.45, 2.75) is 39.2 Å². The van der Waals surface area contributed by atoms with Crippen LogP contribution in [-0.4, -0.2) is 67.3 Å². The lowest BCUT2D eigenvalue weighted by Crippen LogP contribution is -2.46. The van der Waals surface area contributed by atoms with Crippen molar-refractivity contribution >= 4 is 51.4 Å². The molecule has 5 rings (SSSR count). The SMILES string of the molecule is CCCCCCN1CCN(Cc2cccc(-n3cnc4ccc(/C=C5\SC(=S)NC5=O)nc43)c2)CC1. The highest BCUT2D eigenvalue weighted by Gasteiger charge is 2.22. The van der Waals surface area contributed by atoms with Gasteiger partial charge in [0.25, 0.3) is 5.91 Å². The summed E-state index contributed by atoms with van der Waals surface area (Å²) in [7, 11) is 0. The number of unbranched alkanes of at least 4 members (excludes halogenated alkanes) is 3. The third-order valence-corrected chi connectivity index (χ3v) is 7.89. The van der Waals surface area contributed by atoms with Gasteiger partial charge in [-0.2, -0.15) is 0 Å². The minimum absolute atomic E-state index is 0.176. The predicted molar refractivity (Wildman–Crippen MR) is 151 cm³/mol. The number of hydrogen-bond donors (Lipinski definition) is 1. The summed E-state index contributed by atoms with van der Waals surface area (Å²) in [4.78, 5) is 27.1. The second-order valence-corrected chi connectivity index (χ2v) is 11.1. The Morgan fingerprint density at radius 2 is 1.92 bits per heavy atom. The zero-order chi connectivity index (χ0) is 24.9. The maximum absolute atomic E-state index is 12.0. The molecule has 0 bridgehead atoms. The molecule has 1 N–H and O–H groups in total. The number of nitrogens with one attached hydrogen (secondary N) is 1. The van der Waals surface area contributed by atoms with Crippen LogP contribution in [0.15, 0.2) is 47.6 Å². The van der Waals surface area contributed by atoms with Gasteiger partial charge in [0, 0.05) is 38.4 Å². The van der Waals surface area contributed by atoms with Crippen LogP contribution < -0.4 is 5.32 Å². The van der Waals surface area contributed by atoms with Crippen LogP contribution >= 0.6 is 24.0 Å². The number of carbonyl (C=O) groups excluding carboxylic acids is 1. The number of thiocarbonyl (C=S) groups is 1. The van der Waals surface area contributed by atoms with Crippen LogP contribution in [-0.2, 0) is 11.3 Å². The largest absolute Gasteiger partial charge is 0.307 e. The van der Waals surface area contributed by atoms with Gasteiger partial charge < -0.3 is 10.2 Å². The fraction of sp³-hybridized carbons (Fsp3) is 0.407. The number of thioether (sulfide) groups is 1. The van der Waals surface area contributed by atoms with Gasteiger partial charge in [0.05, 0.1) is 10.6 Å². The van der Waals surface area contributed by atoms with Crippen LogP contribution in [0.1, 0.15) is 43.9 Å². The molecule has 0 atom stereocenters. The molecule has 0 unspecified atom stereocenters. The summed E-state index contributed by atoms with van der Waals surface area (Å²) in [5.74, 6) is -0.176. The smallest absolute Gasteiger partial charge is 0.263 e. The van der Waals surface area contributed by atoms with E-state index in [4.69, 9.17) is 17.2 Å². The Bertz CT molecular complexity index is 1280. The van der Waals surface area contributed by atoms with Crippen LogP contribution in [0.5, 0.6) is 0 Å². The van der Waals surface area contributed by atoms with E-state index in [1.807, 2.05) is 23.0 Å². The topological polar surface area (TPSA) is 66.3 Å². The van der Waals surface area contributed by atoms with E-state index in [1.165, 1.54) is 49.6 Å². The van der Waals surface area contributed by atoms with Crippen molar-refractivity contribution in [1.29, 1.82) is 0 Å². The number of fused-ring (bicyclic) bond motifs is 1. The van der Waals surface area contributed by atoms with E-state index in [0.717, 1.165) is 49.6 Å². The predicted octanol–water partition coefficient (Wildman–Crippen LogP) is 4.61. The lowest BCUT2D eigenvalue weighted by molar-refractivity contribution is -0.115. The van der Waals surface area contributed by atoms with Gasteiger partial charge in [0.1, 0.15) is 16.2 Å². The maximum atomic E-state index is 12.0. The third kappa shape index (κ3) is 6.03. The lowest BCUT2D eigenvalue weighted by atomic mass is 10.1. The summed E-state index contributed by atoms with van der Waals surface area (Å²) in [6.45, 7) is 8.98. The van der Waals surface area contributed by atoms with Gasteiger partial charge in [-0.3, -0.25) is 14.3 Å². The van der Waals surface area contributed by atoms with Gasteiger partial charge in [-0.25, -0.2) is 9.97 Å². The van der Waals surface area contributed by atoms with E-state index in [2.05, 4.69) is 51.3 Å². The number of pyridine rings is 1. The Balaban J connectivity index is 1.26. The first-order valence-electron chi connectivity index (χ1n) is 12.7. The zero-order valence-electron chi connectivity index (χ0n) is 20.7. The highest BCUT2D eigenvalue weighted by atomic mass is 32.2. The molecule has 0 saturated carbocycles. The molecule has 0 aliphatic carbocycles. The second kappa shape index (κ2) is 11.6. The number of aromatic nitrogens is 3. The fourth-order valence-electron chi connectivity index (χ4n) is 4.73. The third-order valence-electron chi connectivity index (χ3n) is 6.73. The summed E-state index contributed by atoms with van der Waals surface area (Å²) in [6, 6.07) is 12.4. The Morgan fingerprint density at radius 3 is 2.69 bits per heavy atom. The molecule has 4 heterocycles. The quantitative estimate of drug-likeness (QED) is 0.251. The molecule has 188 valence electrons. The summed E-state index contributed by atoms with van der Waals surface area (Å²) in [5.41, 5.74) is 4.61. The Hall–Kier alpha value is -2.59. The number of benzene rings is 1. The number of piperazine rings is 1. The molecule has 2 aromatic heterocycles. The molecule has 2 aliphatic heterocycles. The van der Waals surface area contributed by atoms with Crippen molar-refractivity contribution < 1.29 is 4.79 Å². The molecule has 2 aliphatic rings. The molecule has 2 fully saturated rings. The average molecular weight is 521 g/mol. The molecule has 0 spiro atoms. The fourth-order valence-corrected chi connectivity index (χ4v) is 5.76. The molecular weight excluding hydrogens is 488 g/mol. The molecule has 1 amide bonds. The zero-order valence-corrected chi connectivity index (χ0v) is 22.3. The summed E-state index contributed by atoms with van der Waals surface area (Å²) in [5, 5.41) is 2.65. The second-order valence-electron chi connectivity index (χ2n) is 9.39. The minimum Gasteiger partial charge on any atom is -0.307 e. The van der Waals surface area contributed by atoms with Crippen molar-refractivity contribution in [3.05, 3.63) is 58.9 Å². The van der Waals surface area contributed by atoms with Crippen molar-refractivity contribution in [1.82, 2.24) is 29.7 Å². The summed E-state index contributed by atoms with van der Waals surface area (Å²) in [6.07, 6.45) is 8.91. The molecular formula is C27H32N6OS2. The van der Waals surface area contributed by atoms with Crippen LogP contribution in [0, 0.1) is 0 Å². The van der Waals surface area contributed by atoms with Crippen LogP contribution in [0.2, 0.25) is 0 Å². The van der Waals surface area contributed by atoms with E-state index in [0.29, 0.717) is 14.9 Å². The maximum Gasteiger partial charge on any atom is 0.263 e. The highest BCUT2D eigenvalue weighted by molar-refractivity contribution is 8.26. The molecule has 36 heavy (non-hydrogen) atoms. The number of nitrogens with zero attached hydrogens (tertiary/aromatic N) is 5. The number of hydrogen-bond acceptors (Lipinski definition) is 7. The van der Waals surface area contributed by atoms with E-state index in [9.17, 15) is 4.79 Å². The van der Waals surface area contributed by atoms with E-state index < -0.39 is 0 Å². The van der Waals surface area contributed by atoms with Gasteiger partial charge in [0.15, 0.2) is 5.65 Å². The van der Waals surface area contributed by atoms with Crippen LogP contribution in [0.4, 0.5) is 0 Å². The van der Waals surface area contributed by atoms with Gasteiger partial charge in [-0.15, -0.1) is 0 Å². The molecule has 7 nitrogen and oxygen atoms in total. The first-order valence-corrected chi connectivity index (χ1v) is 13.9. The number of rotatable bonds is 9. The molecule has 1 aromatic carbocycles. The number of amides is 1. The average Bonchev–Trinajstić information content (AvgIpc) is 3.44. The van der Waals surface area contributed by atoms with Crippen molar-refractivity contribution in [3.8, 4) is 5.69 Å². The lowest BCUT2D eigenvalue weighted by Gasteiger charge is -2.34. The molecule has 9 heteroatoms. The first-order chi connectivity index (χ1) is 17.6. The van der Waals surface area contributed by atoms with Gasteiger partial charge in [0.2, 0.25) is 0 Å². The van der Waals surface area contributed by atoms with E-state index in [-0.39, 0.29) is 5.91 Å². The first kappa shape index (κ1) is 25.1. The number of carbonyl (C=O) groups is 1. The van der Waals surface area contributed by atoms with Crippen LogP contribution in [0.3, 0.4) is 0 Å². The minimum atomic E-state index is -0.176. The molecule has 0 radical (unpaired) electrons. The monoisotopic (exact) mass is 520 g/mol. The van der Waals surface area contributed by atoms with Crippen molar-refractivity contribution in [3.63, 3.8) is 0 Å². The van der Waals surface area contributed by atoms with E-state index >= 15 is 0 Å². The van der Waals surface area contributed by atoms with Crippen molar-refractivity contribution in [2.75, 3.05) is 32.7 Å². The Kier molecular flexibility index (Phi) is 8.11. The highest BCUT2D eigenvalue weighted by Crippen LogP contribution is 2.26. The van der Waals surface area contributed by atoms with Gasteiger partial charge in [-0.05, 0) is 48.9 Å². The van der Waals surface area contributed by atoms with Crippen LogP contribution in [0.25, 0.3) is 22.9 Å². The normalized spacial score (nSPS) is 18.4. The van der Waals surface area contributed by atoms with Gasteiger partial charge in [-0.1, -0.05) is 62.3 Å². The molecule has 3 aromatic rings. The van der Waals surface area contributed by atoms with Gasteiger partial charge >= 0.3 is 0 Å². The molecule has 2 saturated heterocycles. The van der Waals surface area contributed by atoms with Crippen molar-refractivity contribution in [2.24, 2.45) is 0 Å². The summed E-state index contributed by atoms with van der Waals surface area (Å²) < 4.78 is 2.49. The Labute approximate surface area is 222 Å². The van der Waals surface area contributed by atoms with E-state index in [1.54, 1.807) is 6.08 Å².